The highest BCUT2D eigenvalue weighted by Crippen LogP contribution is 2.02. The van der Waals surface area contributed by atoms with E-state index >= 15 is 0 Å². The molecule has 0 saturated heterocycles. The van der Waals surface area contributed by atoms with Gasteiger partial charge in [-0.2, -0.15) is 0 Å². The number of nitrogens with one attached hydrogen (secondary N) is 3. The van der Waals surface area contributed by atoms with Gasteiger partial charge in [-0.3, -0.25) is 33.6 Å². The highest BCUT2D eigenvalue weighted by atomic mass is 16.4. The minimum Gasteiger partial charge on any atom is -0.481 e. The van der Waals surface area contributed by atoms with Crippen LogP contribution in [0.1, 0.15) is 32.1 Å². The van der Waals surface area contributed by atoms with Crippen molar-refractivity contribution >= 4 is 41.5 Å². The number of nitrogens with two attached hydrogens (primary N) is 3. The third-order valence-electron chi connectivity index (χ3n) is 3.78. The molecule has 0 aliphatic carbocycles. The molecule has 0 rings (SSSR count). The predicted molar refractivity (Wildman–Crippen MR) is 102 cm³/mol. The molecule has 0 aromatic heterocycles. The van der Waals surface area contributed by atoms with Crippen LogP contribution in [0.3, 0.4) is 0 Å². The molecule has 0 aliphatic rings. The first-order valence-corrected chi connectivity index (χ1v) is 8.97. The van der Waals surface area contributed by atoms with Crippen LogP contribution in [0.2, 0.25) is 0 Å². The fourth-order valence-electron chi connectivity index (χ4n) is 2.21. The third kappa shape index (κ3) is 12.4. The lowest BCUT2D eigenvalue weighted by Crippen LogP contribution is -2.56. The van der Waals surface area contributed by atoms with Gasteiger partial charge in [-0.05, 0) is 12.8 Å². The maximum absolute atomic E-state index is 12.5. The van der Waals surface area contributed by atoms with Crippen LogP contribution in [0.25, 0.3) is 0 Å². The van der Waals surface area contributed by atoms with Crippen molar-refractivity contribution in [3.63, 3.8) is 0 Å². The molecule has 0 bridgehead atoms. The summed E-state index contributed by atoms with van der Waals surface area (Å²) in [6.45, 7) is -0.772. The standard InChI is InChI=1S/C16H26N6O9/c17-7(1-3-10(18)23)14(29)22-9(5-12(25)26)16(31)21-8(2-4-11(19)24)15(30)20-6-13(27)28/h7-9H,1-6,17H2,(H2,18,23)(H2,19,24)(H,20,30)(H,21,31)(H,22,29)(H,25,26)(H,27,28). The van der Waals surface area contributed by atoms with Crippen LogP contribution in [0.4, 0.5) is 0 Å². The number of carbonyl (C=O) groups excluding carboxylic acids is 5. The molecule has 3 atom stereocenters. The first-order valence-electron chi connectivity index (χ1n) is 8.97. The van der Waals surface area contributed by atoms with Crippen molar-refractivity contribution in [3.05, 3.63) is 0 Å². The van der Waals surface area contributed by atoms with Gasteiger partial charge < -0.3 is 43.4 Å². The molecule has 0 saturated carbocycles. The summed E-state index contributed by atoms with van der Waals surface area (Å²) >= 11 is 0. The molecule has 0 heterocycles. The minimum absolute atomic E-state index is 0.151. The van der Waals surface area contributed by atoms with E-state index < -0.39 is 72.6 Å². The van der Waals surface area contributed by atoms with Gasteiger partial charge >= 0.3 is 11.9 Å². The van der Waals surface area contributed by atoms with Gasteiger partial charge in [0.05, 0.1) is 12.5 Å². The number of carboxylic acids is 2. The summed E-state index contributed by atoms with van der Waals surface area (Å²) in [4.78, 5) is 80.1. The molecule has 11 N–H and O–H groups in total. The Kier molecular flexibility index (Phi) is 11.8. The molecule has 174 valence electrons. The predicted octanol–water partition coefficient (Wildman–Crippen LogP) is -4.51. The number of carbonyl (C=O) groups is 7. The molecule has 15 heteroatoms. The second-order valence-corrected chi connectivity index (χ2v) is 6.45. The largest absolute Gasteiger partial charge is 0.481 e. The molecule has 0 radical (unpaired) electrons. The van der Waals surface area contributed by atoms with Gasteiger partial charge in [0.25, 0.3) is 0 Å². The molecular weight excluding hydrogens is 420 g/mol. The number of rotatable bonds is 15. The molecule has 3 unspecified atom stereocenters. The Morgan fingerprint density at radius 1 is 0.710 bits per heavy atom. The number of amides is 5. The zero-order valence-electron chi connectivity index (χ0n) is 16.5. The van der Waals surface area contributed by atoms with E-state index in [-0.39, 0.29) is 25.7 Å². The van der Waals surface area contributed by atoms with Gasteiger partial charge in [0.15, 0.2) is 0 Å². The first kappa shape index (κ1) is 27.2. The zero-order valence-corrected chi connectivity index (χ0v) is 16.5. The monoisotopic (exact) mass is 446 g/mol. The van der Waals surface area contributed by atoms with Gasteiger partial charge in [-0.1, -0.05) is 0 Å². The number of hydrogen-bond acceptors (Lipinski definition) is 8. The first-order chi connectivity index (χ1) is 14.3. The molecule has 0 spiro atoms. The summed E-state index contributed by atoms with van der Waals surface area (Å²) in [5.41, 5.74) is 15.5. The molecule has 0 aliphatic heterocycles. The van der Waals surface area contributed by atoms with E-state index in [1.54, 1.807) is 0 Å². The van der Waals surface area contributed by atoms with E-state index in [4.69, 9.17) is 27.4 Å². The zero-order chi connectivity index (χ0) is 24.1. The van der Waals surface area contributed by atoms with Crippen molar-refractivity contribution in [1.29, 1.82) is 0 Å². The van der Waals surface area contributed by atoms with E-state index in [2.05, 4.69) is 10.6 Å². The lowest BCUT2D eigenvalue weighted by Gasteiger charge is -2.23. The summed E-state index contributed by atoms with van der Waals surface area (Å²) in [5, 5.41) is 23.9. The highest BCUT2D eigenvalue weighted by Gasteiger charge is 2.30. The number of primary amides is 2. The van der Waals surface area contributed by atoms with Crippen molar-refractivity contribution in [2.24, 2.45) is 17.2 Å². The summed E-state index contributed by atoms with van der Waals surface area (Å²) in [6.07, 6.45) is -1.90. The Hall–Kier alpha value is -3.75. The quantitative estimate of drug-likeness (QED) is 0.119. The second-order valence-electron chi connectivity index (χ2n) is 6.45. The molecule has 0 aromatic carbocycles. The smallest absolute Gasteiger partial charge is 0.322 e. The molecule has 5 amide bonds. The van der Waals surface area contributed by atoms with Crippen LogP contribution >= 0.6 is 0 Å². The number of carboxylic acid groups (broad SMARTS) is 2. The Morgan fingerprint density at radius 3 is 1.71 bits per heavy atom. The fourth-order valence-corrected chi connectivity index (χ4v) is 2.21. The molecule has 0 fully saturated rings. The van der Waals surface area contributed by atoms with Crippen LogP contribution in [-0.4, -0.2) is 76.4 Å². The number of hydrogen-bond donors (Lipinski definition) is 8. The topological polar surface area (TPSA) is 274 Å². The van der Waals surface area contributed by atoms with Crippen LogP contribution in [-0.2, 0) is 33.6 Å². The lowest BCUT2D eigenvalue weighted by atomic mass is 10.1. The SMILES string of the molecule is NC(=O)CCC(N)C(=O)NC(CC(=O)O)C(=O)NC(CCC(N)=O)C(=O)NCC(=O)O. The van der Waals surface area contributed by atoms with Gasteiger partial charge in [-0.25, -0.2) is 0 Å². The Balaban J connectivity index is 5.29. The molecule has 0 aromatic rings. The maximum atomic E-state index is 12.5. The summed E-state index contributed by atoms with van der Waals surface area (Å²) < 4.78 is 0. The Morgan fingerprint density at radius 2 is 1.23 bits per heavy atom. The van der Waals surface area contributed by atoms with Gasteiger partial charge in [0.1, 0.15) is 18.6 Å². The normalized spacial score (nSPS) is 13.2. The lowest BCUT2D eigenvalue weighted by molar-refractivity contribution is -0.141. The van der Waals surface area contributed by atoms with E-state index in [1.165, 1.54) is 0 Å². The number of aliphatic carboxylic acids is 2. The van der Waals surface area contributed by atoms with Gasteiger partial charge in [0.2, 0.25) is 29.5 Å². The minimum atomic E-state index is -1.66. The van der Waals surface area contributed by atoms with Crippen molar-refractivity contribution in [3.8, 4) is 0 Å². The molecule has 31 heavy (non-hydrogen) atoms. The average Bonchev–Trinajstić information content (AvgIpc) is 2.65. The van der Waals surface area contributed by atoms with Crippen LogP contribution in [0.5, 0.6) is 0 Å². The summed E-state index contributed by atoms with van der Waals surface area (Å²) in [5.74, 6) is -7.35. The van der Waals surface area contributed by atoms with Gasteiger partial charge in [0, 0.05) is 12.8 Å². The Bertz CT molecular complexity index is 726. The average molecular weight is 446 g/mol. The summed E-state index contributed by atoms with van der Waals surface area (Å²) in [6, 6.07) is -4.36. The third-order valence-corrected chi connectivity index (χ3v) is 3.78. The van der Waals surface area contributed by atoms with Crippen molar-refractivity contribution in [2.75, 3.05) is 6.54 Å². The van der Waals surface area contributed by atoms with E-state index in [9.17, 15) is 33.6 Å². The van der Waals surface area contributed by atoms with Crippen molar-refractivity contribution in [1.82, 2.24) is 16.0 Å². The van der Waals surface area contributed by atoms with Crippen LogP contribution < -0.4 is 33.2 Å². The van der Waals surface area contributed by atoms with E-state index in [1.807, 2.05) is 5.32 Å². The molecular formula is C16H26N6O9. The van der Waals surface area contributed by atoms with Crippen molar-refractivity contribution < 1.29 is 43.8 Å². The Labute approximate surface area is 176 Å². The highest BCUT2D eigenvalue weighted by molar-refractivity contribution is 5.95. The molecule has 15 nitrogen and oxygen atoms in total. The van der Waals surface area contributed by atoms with Crippen LogP contribution in [0.15, 0.2) is 0 Å². The van der Waals surface area contributed by atoms with E-state index in [0.29, 0.717) is 0 Å². The van der Waals surface area contributed by atoms with E-state index in [0.717, 1.165) is 0 Å². The second kappa shape index (κ2) is 13.5. The fraction of sp³-hybridized carbons (Fsp3) is 0.562. The maximum Gasteiger partial charge on any atom is 0.322 e. The van der Waals surface area contributed by atoms with Crippen LogP contribution in [0, 0.1) is 0 Å². The van der Waals surface area contributed by atoms with Crippen molar-refractivity contribution in [2.45, 2.75) is 50.2 Å². The summed E-state index contributed by atoms with van der Waals surface area (Å²) in [7, 11) is 0. The van der Waals surface area contributed by atoms with Gasteiger partial charge in [-0.15, -0.1) is 0 Å².